The first-order valence-electron chi connectivity index (χ1n) is 4.80. The van der Waals surface area contributed by atoms with Gasteiger partial charge in [-0.15, -0.1) is 10.1 Å². The first-order valence-corrected chi connectivity index (χ1v) is 5.18. The summed E-state index contributed by atoms with van der Waals surface area (Å²) in [5, 5.41) is 8.88. The normalized spacial score (nSPS) is 37.1. The number of hydrogen-bond acceptors (Lipinski definition) is 6. The topological polar surface area (TPSA) is 87.9 Å². The highest BCUT2D eigenvalue weighted by molar-refractivity contribution is 6.63. The van der Waals surface area contributed by atoms with Crippen molar-refractivity contribution in [3.05, 3.63) is 10.1 Å². The maximum absolute atomic E-state index is 10.8. The summed E-state index contributed by atoms with van der Waals surface area (Å²) in [7, 11) is 0. The molecule has 2 fully saturated rings. The average molecular weight is 252 g/mol. The Balaban J connectivity index is 1.95. The fourth-order valence-corrected chi connectivity index (χ4v) is 2.32. The zero-order chi connectivity index (χ0) is 11.7. The molecule has 0 unspecified atom stereocenters. The van der Waals surface area contributed by atoms with E-state index < -0.39 is 22.5 Å². The summed E-state index contributed by atoms with van der Waals surface area (Å²) in [6.45, 7) is 0.411. The summed E-state index contributed by atoms with van der Waals surface area (Å²) in [5.41, 5.74) is 0. The number of ether oxygens (including phenoxy) is 2. The Morgan fingerprint density at radius 2 is 2.12 bits per heavy atom. The largest absolute Gasteiger partial charge is 0.373 e. The molecule has 0 amide bonds. The van der Waals surface area contributed by atoms with Crippen molar-refractivity contribution in [1.82, 2.24) is 0 Å². The monoisotopic (exact) mass is 251 g/mol. The van der Waals surface area contributed by atoms with Crippen molar-refractivity contribution in [2.45, 2.75) is 24.7 Å². The lowest BCUT2D eigenvalue weighted by molar-refractivity contribution is -0.769. The van der Waals surface area contributed by atoms with Gasteiger partial charge in [0, 0.05) is 12.3 Å². The van der Waals surface area contributed by atoms with Crippen molar-refractivity contribution in [1.29, 1.82) is 0 Å². The van der Waals surface area contributed by atoms with Gasteiger partial charge in [-0.3, -0.25) is 4.79 Å². The lowest BCUT2D eigenvalue weighted by Gasteiger charge is -2.14. The molecule has 0 saturated carbocycles. The average Bonchev–Trinajstić information content (AvgIpc) is 2.70. The summed E-state index contributed by atoms with van der Waals surface area (Å²) in [6, 6.07) is 0. The van der Waals surface area contributed by atoms with Gasteiger partial charge < -0.3 is 14.3 Å². The van der Waals surface area contributed by atoms with Crippen LogP contribution < -0.4 is 0 Å². The molecule has 8 heteroatoms. The van der Waals surface area contributed by atoms with Crippen molar-refractivity contribution in [2.24, 2.45) is 5.92 Å². The molecule has 0 N–H and O–H groups in total. The van der Waals surface area contributed by atoms with Crippen LogP contribution in [0.25, 0.3) is 0 Å². The number of carbonyl (C=O) groups is 1. The number of nitrogens with zero attached hydrogens (tertiary/aromatic N) is 1. The van der Waals surface area contributed by atoms with Crippen LogP contribution in [0.3, 0.4) is 0 Å². The second kappa shape index (κ2) is 4.52. The van der Waals surface area contributed by atoms with Crippen LogP contribution in [0.4, 0.5) is 0 Å². The van der Waals surface area contributed by atoms with Gasteiger partial charge in [-0.1, -0.05) is 0 Å². The summed E-state index contributed by atoms with van der Waals surface area (Å²) in [6.07, 6.45) is -1.39. The maximum Gasteiger partial charge on any atom is 0.294 e. The van der Waals surface area contributed by atoms with Gasteiger partial charge in [0.25, 0.3) is 5.09 Å². The van der Waals surface area contributed by atoms with Crippen molar-refractivity contribution >= 4 is 16.8 Å². The van der Waals surface area contributed by atoms with E-state index in [9.17, 15) is 14.9 Å². The number of rotatable bonds is 4. The minimum atomic E-state index is -0.861. The number of halogens is 1. The standard InChI is InChI=1S/C8H10ClNO6/c9-6(11)1-4-2-14-8-5(16-10(12)13)3-15-7(4)8/h4-5,7-8H,1-3H2/t4-,5+,7-,8-/m1/s1. The second-order valence-electron chi connectivity index (χ2n) is 3.78. The van der Waals surface area contributed by atoms with E-state index in [-0.39, 0.29) is 25.0 Å². The van der Waals surface area contributed by atoms with Crippen LogP contribution in [0.5, 0.6) is 0 Å². The van der Waals surface area contributed by atoms with Gasteiger partial charge in [0.1, 0.15) is 6.10 Å². The maximum atomic E-state index is 10.8. The van der Waals surface area contributed by atoms with E-state index in [4.69, 9.17) is 21.1 Å². The number of fused-ring (bicyclic) bond motifs is 1. The molecule has 16 heavy (non-hydrogen) atoms. The molecule has 90 valence electrons. The van der Waals surface area contributed by atoms with E-state index >= 15 is 0 Å². The van der Waals surface area contributed by atoms with E-state index in [0.717, 1.165) is 0 Å². The fraction of sp³-hybridized carbons (Fsp3) is 0.875. The Hall–Kier alpha value is -0.920. The Kier molecular flexibility index (Phi) is 3.27. The molecule has 0 aromatic heterocycles. The van der Waals surface area contributed by atoms with Gasteiger partial charge in [0.15, 0.2) is 6.10 Å². The zero-order valence-electron chi connectivity index (χ0n) is 8.21. The van der Waals surface area contributed by atoms with Crippen molar-refractivity contribution in [2.75, 3.05) is 13.2 Å². The first-order chi connectivity index (χ1) is 7.58. The van der Waals surface area contributed by atoms with Gasteiger partial charge in [-0.05, 0) is 11.6 Å². The van der Waals surface area contributed by atoms with Gasteiger partial charge in [-0.25, -0.2) is 0 Å². The molecule has 0 radical (unpaired) electrons. The third-order valence-corrected chi connectivity index (χ3v) is 2.91. The first kappa shape index (κ1) is 11.6. The lowest BCUT2D eigenvalue weighted by atomic mass is 9.98. The second-order valence-corrected chi connectivity index (χ2v) is 4.20. The Labute approximate surface area is 95.7 Å². The Bertz CT molecular complexity index is 281. The third kappa shape index (κ3) is 2.26. The SMILES string of the molecule is O=C(Cl)C[C@@H]1CO[C@H]2[C@@H]1OC[C@@H]2O[N+](=O)[O-]. The predicted molar refractivity (Wildman–Crippen MR) is 50.3 cm³/mol. The number of hydrogen-bond donors (Lipinski definition) is 0. The van der Waals surface area contributed by atoms with E-state index in [1.165, 1.54) is 0 Å². The highest BCUT2D eigenvalue weighted by atomic mass is 35.5. The molecule has 2 heterocycles. The van der Waals surface area contributed by atoms with Gasteiger partial charge in [0.2, 0.25) is 5.24 Å². The van der Waals surface area contributed by atoms with Crippen molar-refractivity contribution < 1.29 is 24.2 Å². The van der Waals surface area contributed by atoms with E-state index in [2.05, 4.69) is 4.84 Å². The van der Waals surface area contributed by atoms with Crippen LogP contribution in [0.15, 0.2) is 0 Å². The van der Waals surface area contributed by atoms with Crippen LogP contribution in [0.1, 0.15) is 6.42 Å². The molecule has 2 aliphatic rings. The van der Waals surface area contributed by atoms with Crippen LogP contribution in [0.2, 0.25) is 0 Å². The molecular weight excluding hydrogens is 242 g/mol. The summed E-state index contributed by atoms with van der Waals surface area (Å²) in [4.78, 5) is 25.4. The lowest BCUT2D eigenvalue weighted by Crippen LogP contribution is -2.33. The van der Waals surface area contributed by atoms with Crippen LogP contribution in [0, 0.1) is 16.0 Å². The van der Waals surface area contributed by atoms with Crippen LogP contribution >= 0.6 is 11.6 Å². The molecule has 0 aliphatic carbocycles. The van der Waals surface area contributed by atoms with E-state index in [0.29, 0.717) is 6.61 Å². The minimum absolute atomic E-state index is 0.100. The van der Waals surface area contributed by atoms with Gasteiger partial charge in [0.05, 0.1) is 19.3 Å². The highest BCUT2D eigenvalue weighted by Crippen LogP contribution is 2.34. The highest BCUT2D eigenvalue weighted by Gasteiger charge is 2.49. The molecule has 2 aliphatic heterocycles. The smallest absolute Gasteiger partial charge is 0.294 e. The van der Waals surface area contributed by atoms with Gasteiger partial charge >= 0.3 is 0 Å². The van der Waals surface area contributed by atoms with Crippen LogP contribution in [-0.2, 0) is 19.1 Å². The fourth-order valence-electron chi connectivity index (χ4n) is 2.13. The molecule has 2 saturated heterocycles. The molecular formula is C8H10ClNO6. The predicted octanol–water partition coefficient (Wildman–Crippen LogP) is 0.133. The van der Waals surface area contributed by atoms with Gasteiger partial charge in [-0.2, -0.15) is 0 Å². The molecule has 4 atom stereocenters. The molecule has 0 bridgehead atoms. The zero-order valence-corrected chi connectivity index (χ0v) is 8.96. The molecule has 0 aromatic carbocycles. The summed E-state index contributed by atoms with van der Waals surface area (Å²) >= 11 is 5.28. The molecule has 0 aromatic rings. The summed E-state index contributed by atoms with van der Waals surface area (Å²) in [5.74, 6) is -0.143. The van der Waals surface area contributed by atoms with Crippen molar-refractivity contribution in [3.8, 4) is 0 Å². The van der Waals surface area contributed by atoms with E-state index in [1.54, 1.807) is 0 Å². The quantitative estimate of drug-likeness (QED) is 0.401. The minimum Gasteiger partial charge on any atom is -0.373 e. The molecule has 2 rings (SSSR count). The van der Waals surface area contributed by atoms with Crippen molar-refractivity contribution in [3.63, 3.8) is 0 Å². The van der Waals surface area contributed by atoms with E-state index in [1.807, 2.05) is 0 Å². The molecule has 7 nitrogen and oxygen atoms in total. The van der Waals surface area contributed by atoms with Crippen LogP contribution in [-0.4, -0.2) is 41.9 Å². The third-order valence-electron chi connectivity index (χ3n) is 2.75. The molecule has 0 spiro atoms. The Morgan fingerprint density at radius 1 is 1.44 bits per heavy atom. The Morgan fingerprint density at radius 3 is 2.75 bits per heavy atom. The number of carbonyl (C=O) groups excluding carboxylic acids is 1. The summed E-state index contributed by atoms with van der Waals surface area (Å²) < 4.78 is 10.7.